The van der Waals surface area contributed by atoms with Crippen molar-refractivity contribution in [1.29, 1.82) is 0 Å². The zero-order chi connectivity index (χ0) is 22.5. The molecule has 1 aliphatic carbocycles. The minimum Gasteiger partial charge on any atom is -0.382 e. The second-order valence-electron chi connectivity index (χ2n) is 7.87. The van der Waals surface area contributed by atoms with Gasteiger partial charge in [0.25, 0.3) is 5.91 Å². The summed E-state index contributed by atoms with van der Waals surface area (Å²) in [5, 5.41) is 0. The first-order valence-electron chi connectivity index (χ1n) is 9.98. The van der Waals surface area contributed by atoms with Gasteiger partial charge in [-0.3, -0.25) is 14.2 Å². The lowest BCUT2D eigenvalue weighted by atomic mass is 10.1. The lowest BCUT2D eigenvalue weighted by molar-refractivity contribution is -0.141. The van der Waals surface area contributed by atoms with E-state index in [4.69, 9.17) is 5.73 Å². The Balaban J connectivity index is 1.46. The van der Waals surface area contributed by atoms with Crippen molar-refractivity contribution in [3.8, 4) is 0 Å². The summed E-state index contributed by atoms with van der Waals surface area (Å²) in [5.41, 5.74) is 7.56. The average molecular weight is 441 g/mol. The summed E-state index contributed by atoms with van der Waals surface area (Å²) in [7, 11) is 0. The van der Waals surface area contributed by atoms with Crippen LogP contribution in [0, 0.1) is 5.92 Å². The van der Waals surface area contributed by atoms with Gasteiger partial charge in [-0.25, -0.2) is 15.0 Å². The van der Waals surface area contributed by atoms with Crippen molar-refractivity contribution in [3.63, 3.8) is 0 Å². The number of halogens is 3. The minimum atomic E-state index is -4.56. The lowest BCUT2D eigenvalue weighted by Gasteiger charge is -2.22. The monoisotopic (exact) mass is 441 g/mol. The fourth-order valence-corrected chi connectivity index (χ4v) is 3.60. The van der Waals surface area contributed by atoms with Gasteiger partial charge in [0.2, 0.25) is 0 Å². The Labute approximate surface area is 179 Å². The van der Waals surface area contributed by atoms with Crippen LogP contribution >= 0.6 is 0 Å². The third kappa shape index (κ3) is 3.81. The maximum absolute atomic E-state index is 13.4. The lowest BCUT2D eigenvalue weighted by Crippen LogP contribution is -2.33. The van der Waals surface area contributed by atoms with Gasteiger partial charge in [0.05, 0.1) is 48.2 Å². The van der Waals surface area contributed by atoms with Crippen LogP contribution in [-0.2, 0) is 12.7 Å². The van der Waals surface area contributed by atoms with Crippen molar-refractivity contribution < 1.29 is 18.0 Å². The quantitative estimate of drug-likeness (QED) is 0.510. The Morgan fingerprint density at radius 1 is 1.16 bits per heavy atom. The molecule has 3 heterocycles. The number of anilines is 1. The zero-order valence-corrected chi connectivity index (χ0v) is 16.8. The smallest absolute Gasteiger partial charge is 0.382 e. The molecule has 0 atom stereocenters. The van der Waals surface area contributed by atoms with Gasteiger partial charge in [-0.2, -0.15) is 13.2 Å². The van der Waals surface area contributed by atoms with Crippen molar-refractivity contribution in [3.05, 3.63) is 60.1 Å². The summed E-state index contributed by atoms with van der Waals surface area (Å²) in [6.07, 6.45) is 2.42. The summed E-state index contributed by atoms with van der Waals surface area (Å²) in [5.74, 6) is 0.472. The number of amides is 1. The fraction of sp³-hybridized carbons (Fsp3) is 0.286. The molecule has 32 heavy (non-hydrogen) atoms. The molecule has 1 aromatic carbocycles. The van der Waals surface area contributed by atoms with Gasteiger partial charge >= 0.3 is 6.18 Å². The number of nitrogen functional groups attached to an aromatic ring is 1. The number of aromatic nitrogens is 5. The molecule has 0 saturated heterocycles. The van der Waals surface area contributed by atoms with Gasteiger partial charge in [0.15, 0.2) is 5.69 Å². The van der Waals surface area contributed by atoms with Gasteiger partial charge in [-0.1, -0.05) is 0 Å². The number of imidazole rings is 1. The largest absolute Gasteiger partial charge is 0.434 e. The van der Waals surface area contributed by atoms with Gasteiger partial charge in [0.1, 0.15) is 11.3 Å². The predicted octanol–water partition coefficient (Wildman–Crippen LogP) is 3.33. The second-order valence-corrected chi connectivity index (χ2v) is 7.87. The highest BCUT2D eigenvalue weighted by atomic mass is 19.4. The topological polar surface area (TPSA) is 102 Å². The Morgan fingerprint density at radius 3 is 2.66 bits per heavy atom. The third-order valence-corrected chi connectivity index (χ3v) is 5.44. The molecule has 164 valence electrons. The number of fused-ring (bicyclic) bond motifs is 3. The highest BCUT2D eigenvalue weighted by molar-refractivity contribution is 5.98. The van der Waals surface area contributed by atoms with Gasteiger partial charge < -0.3 is 10.6 Å². The van der Waals surface area contributed by atoms with Crippen LogP contribution in [0.15, 0.2) is 43.1 Å². The third-order valence-electron chi connectivity index (χ3n) is 5.44. The molecular weight excluding hydrogens is 423 g/mol. The molecule has 2 N–H and O–H groups in total. The Kier molecular flexibility index (Phi) is 4.68. The average Bonchev–Trinajstić information content (AvgIpc) is 3.43. The van der Waals surface area contributed by atoms with Crippen LogP contribution in [0.25, 0.3) is 16.6 Å². The number of rotatable bonds is 5. The van der Waals surface area contributed by atoms with E-state index in [0.717, 1.165) is 19.0 Å². The highest BCUT2D eigenvalue weighted by Gasteiger charge is 2.33. The number of carbonyl (C=O) groups excluding carboxylic acids is 1. The summed E-state index contributed by atoms with van der Waals surface area (Å²) >= 11 is 0. The van der Waals surface area contributed by atoms with E-state index in [0.29, 0.717) is 52.3 Å². The molecule has 0 aliphatic heterocycles. The van der Waals surface area contributed by atoms with E-state index in [1.54, 1.807) is 40.0 Å². The van der Waals surface area contributed by atoms with E-state index in [2.05, 4.69) is 19.9 Å². The molecule has 1 amide bonds. The molecule has 0 radical (unpaired) electrons. The van der Waals surface area contributed by atoms with Crippen molar-refractivity contribution in [2.45, 2.75) is 25.6 Å². The van der Waals surface area contributed by atoms with E-state index in [9.17, 15) is 18.0 Å². The molecule has 0 unspecified atom stereocenters. The molecule has 0 bridgehead atoms. The molecule has 0 spiro atoms. The Hall–Kier alpha value is -3.76. The maximum Gasteiger partial charge on any atom is 0.434 e. The van der Waals surface area contributed by atoms with Crippen LogP contribution in [0.3, 0.4) is 0 Å². The standard InChI is InChI=1S/C21H18F3N7O/c22-21(23,24)18-8-27-14(6-28-18)10-30(9-12-1-2-12)20(32)13-3-4-15-16(5-13)31-11-26-7-17(31)19(25)29-15/h3-8,11-12H,1-2,9-10H2,(H2,25,29). The molecule has 1 aliphatic rings. The summed E-state index contributed by atoms with van der Waals surface area (Å²) in [6.45, 7) is 0.568. The van der Waals surface area contributed by atoms with Gasteiger partial charge in [0, 0.05) is 12.1 Å². The molecule has 11 heteroatoms. The van der Waals surface area contributed by atoms with Crippen LogP contribution in [0.4, 0.5) is 19.0 Å². The fourth-order valence-electron chi connectivity index (χ4n) is 3.60. The van der Waals surface area contributed by atoms with E-state index in [1.165, 1.54) is 0 Å². The number of alkyl halides is 3. The van der Waals surface area contributed by atoms with Crippen molar-refractivity contribution >= 4 is 28.3 Å². The van der Waals surface area contributed by atoms with Gasteiger partial charge in [-0.05, 0) is 37.0 Å². The number of hydrogen-bond donors (Lipinski definition) is 1. The van der Waals surface area contributed by atoms with Crippen molar-refractivity contribution in [2.75, 3.05) is 12.3 Å². The minimum absolute atomic E-state index is 0.0684. The van der Waals surface area contributed by atoms with E-state index < -0.39 is 11.9 Å². The normalized spacial score (nSPS) is 14.2. The van der Waals surface area contributed by atoms with Crippen LogP contribution in [0.5, 0.6) is 0 Å². The van der Waals surface area contributed by atoms with Crippen molar-refractivity contribution in [2.24, 2.45) is 5.92 Å². The molecule has 1 fully saturated rings. The first-order valence-corrected chi connectivity index (χ1v) is 9.98. The SMILES string of the molecule is Nc1nc2ccc(C(=O)N(Cc3cnc(C(F)(F)F)cn3)CC3CC3)cc2n2cncc12. The first-order chi connectivity index (χ1) is 15.3. The van der Waals surface area contributed by atoms with Gasteiger partial charge in [-0.15, -0.1) is 0 Å². The van der Waals surface area contributed by atoms with E-state index >= 15 is 0 Å². The van der Waals surface area contributed by atoms with E-state index in [-0.39, 0.29) is 12.5 Å². The molecule has 1 saturated carbocycles. The Bertz CT molecular complexity index is 1310. The van der Waals surface area contributed by atoms with Crippen LogP contribution in [0.1, 0.15) is 34.6 Å². The molecule has 4 aromatic rings. The zero-order valence-electron chi connectivity index (χ0n) is 16.8. The number of nitrogens with two attached hydrogens (primary N) is 1. The van der Waals surface area contributed by atoms with Crippen LogP contribution in [0.2, 0.25) is 0 Å². The van der Waals surface area contributed by atoms with Crippen LogP contribution < -0.4 is 5.73 Å². The van der Waals surface area contributed by atoms with Crippen molar-refractivity contribution in [1.82, 2.24) is 29.2 Å². The Morgan fingerprint density at radius 2 is 1.97 bits per heavy atom. The molecular formula is C21H18F3N7O. The number of nitrogens with zero attached hydrogens (tertiary/aromatic N) is 6. The number of carbonyl (C=O) groups is 1. The molecule has 5 rings (SSSR count). The number of benzene rings is 1. The summed E-state index contributed by atoms with van der Waals surface area (Å²) in [4.78, 5) is 30.7. The van der Waals surface area contributed by atoms with Crippen LogP contribution in [-0.4, -0.2) is 41.7 Å². The number of hydrogen-bond acceptors (Lipinski definition) is 6. The summed E-state index contributed by atoms with van der Waals surface area (Å²) in [6, 6.07) is 5.10. The molecule has 3 aromatic heterocycles. The molecule has 8 nitrogen and oxygen atoms in total. The highest BCUT2D eigenvalue weighted by Crippen LogP contribution is 2.31. The maximum atomic E-state index is 13.4. The second kappa shape index (κ2) is 7.43. The van der Waals surface area contributed by atoms with E-state index in [1.807, 2.05) is 0 Å². The predicted molar refractivity (Wildman–Crippen MR) is 109 cm³/mol. The summed E-state index contributed by atoms with van der Waals surface area (Å²) < 4.78 is 40.1. The first kappa shape index (κ1) is 20.2.